The number of carbonyl (C=O) groups is 2. The molecule has 5 nitrogen and oxygen atoms in total. The normalized spacial score (nSPS) is 10.7. The van der Waals surface area contributed by atoms with Gasteiger partial charge < -0.3 is 14.7 Å². The summed E-state index contributed by atoms with van der Waals surface area (Å²) < 4.78 is 32.2. The summed E-state index contributed by atoms with van der Waals surface area (Å²) in [5.74, 6) is -4.32. The SMILES string of the molecule is CCN(C)C(=O)COc1c(F)cc(C=CC(=O)O)cc1F. The minimum absolute atomic E-state index is 0.0387. The van der Waals surface area contributed by atoms with E-state index >= 15 is 0 Å². The topological polar surface area (TPSA) is 66.8 Å². The highest BCUT2D eigenvalue weighted by Gasteiger charge is 2.15. The number of carboxylic acid groups (broad SMARTS) is 1. The third-order valence-electron chi connectivity index (χ3n) is 2.68. The molecule has 0 aliphatic carbocycles. The molecular weight excluding hydrogens is 284 g/mol. The average molecular weight is 299 g/mol. The van der Waals surface area contributed by atoms with Gasteiger partial charge in [0.2, 0.25) is 0 Å². The van der Waals surface area contributed by atoms with E-state index < -0.39 is 35.9 Å². The van der Waals surface area contributed by atoms with Crippen molar-refractivity contribution in [3.05, 3.63) is 35.4 Å². The van der Waals surface area contributed by atoms with E-state index in [0.29, 0.717) is 6.54 Å². The predicted octanol–water partition coefficient (Wildman–Crippen LogP) is 1.92. The molecule has 1 aromatic rings. The van der Waals surface area contributed by atoms with Gasteiger partial charge in [-0.2, -0.15) is 0 Å². The molecule has 0 fully saturated rings. The van der Waals surface area contributed by atoms with Gasteiger partial charge >= 0.3 is 5.97 Å². The molecule has 0 saturated carbocycles. The van der Waals surface area contributed by atoms with Crippen LogP contribution in [0.5, 0.6) is 5.75 Å². The predicted molar refractivity (Wildman–Crippen MR) is 71.8 cm³/mol. The third kappa shape index (κ3) is 4.87. The number of benzene rings is 1. The van der Waals surface area contributed by atoms with E-state index in [9.17, 15) is 18.4 Å². The molecule has 0 aliphatic heterocycles. The number of hydrogen-bond acceptors (Lipinski definition) is 3. The Bertz CT molecular complexity index is 549. The molecule has 1 N–H and O–H groups in total. The molecule has 21 heavy (non-hydrogen) atoms. The Kier molecular flexibility index (Phi) is 5.83. The number of ether oxygens (including phenoxy) is 1. The summed E-state index contributed by atoms with van der Waals surface area (Å²) in [4.78, 5) is 23.2. The van der Waals surface area contributed by atoms with Crippen molar-refractivity contribution in [1.82, 2.24) is 4.90 Å². The largest absolute Gasteiger partial charge is 0.478 e. The first-order valence-electron chi connectivity index (χ1n) is 6.12. The lowest BCUT2D eigenvalue weighted by Gasteiger charge is -2.15. The van der Waals surface area contributed by atoms with Crippen molar-refractivity contribution >= 4 is 18.0 Å². The Morgan fingerprint density at radius 1 is 1.33 bits per heavy atom. The van der Waals surface area contributed by atoms with Crippen LogP contribution in [0.15, 0.2) is 18.2 Å². The molecule has 0 aliphatic rings. The number of nitrogens with zero attached hydrogens (tertiary/aromatic N) is 1. The van der Waals surface area contributed by atoms with Crippen LogP contribution >= 0.6 is 0 Å². The van der Waals surface area contributed by atoms with Crippen molar-refractivity contribution in [1.29, 1.82) is 0 Å². The zero-order valence-corrected chi connectivity index (χ0v) is 11.6. The van der Waals surface area contributed by atoms with Crippen LogP contribution in [0.25, 0.3) is 6.08 Å². The summed E-state index contributed by atoms with van der Waals surface area (Å²) in [5, 5.41) is 8.45. The molecular formula is C14H15F2NO4. The van der Waals surface area contributed by atoms with Gasteiger partial charge in [0.25, 0.3) is 5.91 Å². The third-order valence-corrected chi connectivity index (χ3v) is 2.68. The van der Waals surface area contributed by atoms with Gasteiger partial charge in [0, 0.05) is 19.7 Å². The Labute approximate surface area is 120 Å². The van der Waals surface area contributed by atoms with Crippen LogP contribution in [-0.4, -0.2) is 42.1 Å². The lowest BCUT2D eigenvalue weighted by atomic mass is 10.2. The lowest BCUT2D eigenvalue weighted by Crippen LogP contribution is -2.31. The Morgan fingerprint density at radius 3 is 2.38 bits per heavy atom. The molecule has 1 aromatic carbocycles. The number of amides is 1. The van der Waals surface area contributed by atoms with Gasteiger partial charge in [-0.3, -0.25) is 4.79 Å². The highest BCUT2D eigenvalue weighted by atomic mass is 19.1. The van der Waals surface area contributed by atoms with Crippen LogP contribution in [0.4, 0.5) is 8.78 Å². The fourth-order valence-corrected chi connectivity index (χ4v) is 1.40. The van der Waals surface area contributed by atoms with Gasteiger partial charge in [-0.05, 0) is 30.7 Å². The summed E-state index contributed by atoms with van der Waals surface area (Å²) in [7, 11) is 1.54. The average Bonchev–Trinajstić information content (AvgIpc) is 2.42. The second kappa shape index (κ2) is 7.37. The van der Waals surface area contributed by atoms with Gasteiger partial charge in [0.15, 0.2) is 24.0 Å². The highest BCUT2D eigenvalue weighted by molar-refractivity contribution is 5.85. The van der Waals surface area contributed by atoms with Crippen LogP contribution in [0.3, 0.4) is 0 Å². The van der Waals surface area contributed by atoms with E-state index in [0.717, 1.165) is 24.3 Å². The first-order valence-corrected chi connectivity index (χ1v) is 6.12. The molecule has 0 unspecified atom stereocenters. The number of carbonyl (C=O) groups excluding carboxylic acids is 1. The van der Waals surface area contributed by atoms with E-state index in [4.69, 9.17) is 9.84 Å². The molecule has 1 amide bonds. The van der Waals surface area contributed by atoms with Crippen molar-refractivity contribution < 1.29 is 28.2 Å². The van der Waals surface area contributed by atoms with Gasteiger partial charge in [0.1, 0.15) is 0 Å². The van der Waals surface area contributed by atoms with Crippen molar-refractivity contribution in [3.8, 4) is 5.75 Å². The molecule has 0 radical (unpaired) electrons. The molecule has 0 spiro atoms. The number of rotatable bonds is 6. The van der Waals surface area contributed by atoms with Crippen LogP contribution in [-0.2, 0) is 9.59 Å². The van der Waals surface area contributed by atoms with Gasteiger partial charge in [-0.1, -0.05) is 0 Å². The maximum absolute atomic E-state index is 13.7. The van der Waals surface area contributed by atoms with E-state index in [1.54, 1.807) is 6.92 Å². The highest BCUT2D eigenvalue weighted by Crippen LogP contribution is 2.24. The van der Waals surface area contributed by atoms with E-state index in [2.05, 4.69) is 0 Å². The Morgan fingerprint density at radius 2 is 1.90 bits per heavy atom. The maximum Gasteiger partial charge on any atom is 0.328 e. The quantitative estimate of drug-likeness (QED) is 0.815. The van der Waals surface area contributed by atoms with Gasteiger partial charge in [-0.15, -0.1) is 0 Å². The number of likely N-dealkylation sites (N-methyl/N-ethyl adjacent to an activating group) is 1. The smallest absolute Gasteiger partial charge is 0.328 e. The molecule has 7 heteroatoms. The van der Waals surface area contributed by atoms with Crippen molar-refractivity contribution in [2.45, 2.75) is 6.92 Å². The molecule has 114 valence electrons. The molecule has 0 bridgehead atoms. The fraction of sp³-hybridized carbons (Fsp3) is 0.286. The van der Waals surface area contributed by atoms with E-state index in [-0.39, 0.29) is 5.56 Å². The Hall–Kier alpha value is -2.44. The van der Waals surface area contributed by atoms with E-state index in [1.165, 1.54) is 11.9 Å². The van der Waals surface area contributed by atoms with Crippen LogP contribution in [0.2, 0.25) is 0 Å². The molecule has 0 aromatic heterocycles. The molecule has 1 rings (SSSR count). The van der Waals surface area contributed by atoms with Gasteiger partial charge in [-0.25, -0.2) is 13.6 Å². The minimum Gasteiger partial charge on any atom is -0.478 e. The lowest BCUT2D eigenvalue weighted by molar-refractivity contribution is -0.132. The molecule has 0 saturated heterocycles. The van der Waals surface area contributed by atoms with E-state index in [1.807, 2.05) is 0 Å². The number of aliphatic carboxylic acids is 1. The standard InChI is InChI=1S/C14H15F2NO4/c1-3-17(2)12(18)8-21-14-10(15)6-9(7-11(14)16)4-5-13(19)20/h4-7H,3,8H2,1-2H3,(H,19,20). The second-order valence-electron chi connectivity index (χ2n) is 4.18. The van der Waals surface area contributed by atoms with Crippen molar-refractivity contribution in [2.24, 2.45) is 0 Å². The number of hydrogen-bond donors (Lipinski definition) is 1. The second-order valence-corrected chi connectivity index (χ2v) is 4.18. The fourth-order valence-electron chi connectivity index (χ4n) is 1.40. The summed E-state index contributed by atoms with van der Waals surface area (Å²) in [5.41, 5.74) is 0.0387. The first-order chi connectivity index (χ1) is 9.85. The summed E-state index contributed by atoms with van der Waals surface area (Å²) in [6, 6.07) is 1.84. The van der Waals surface area contributed by atoms with Crippen LogP contribution in [0, 0.1) is 11.6 Å². The minimum atomic E-state index is -1.23. The summed E-state index contributed by atoms with van der Waals surface area (Å²) in [6.07, 6.45) is 1.81. The van der Waals surface area contributed by atoms with Crippen molar-refractivity contribution in [3.63, 3.8) is 0 Å². The molecule has 0 heterocycles. The monoisotopic (exact) mass is 299 g/mol. The number of carboxylic acids is 1. The first kappa shape index (κ1) is 16.6. The van der Waals surface area contributed by atoms with Gasteiger partial charge in [0.05, 0.1) is 0 Å². The van der Waals surface area contributed by atoms with Crippen molar-refractivity contribution in [2.75, 3.05) is 20.2 Å². The number of halogens is 2. The Balaban J connectivity index is 2.85. The summed E-state index contributed by atoms with van der Waals surface area (Å²) in [6.45, 7) is 1.72. The summed E-state index contributed by atoms with van der Waals surface area (Å²) >= 11 is 0. The molecule has 0 atom stereocenters. The zero-order valence-electron chi connectivity index (χ0n) is 11.6. The van der Waals surface area contributed by atoms with Crippen LogP contribution < -0.4 is 4.74 Å². The zero-order chi connectivity index (χ0) is 16.0. The van der Waals surface area contributed by atoms with Crippen LogP contribution in [0.1, 0.15) is 12.5 Å². The maximum atomic E-state index is 13.7.